The van der Waals surface area contributed by atoms with E-state index in [2.05, 4.69) is 143 Å². The maximum atomic E-state index is 6.50. The van der Waals surface area contributed by atoms with Crippen LogP contribution in [0.25, 0.3) is 92.2 Å². The molecule has 0 aliphatic heterocycles. The van der Waals surface area contributed by atoms with E-state index in [1.165, 1.54) is 30.9 Å². The Kier molecular flexibility index (Phi) is 6.44. The number of furan rings is 1. The number of aromatic nitrogens is 2. The normalized spacial score (nSPS) is 12.0. The lowest BCUT2D eigenvalue weighted by molar-refractivity contribution is 0.619. The summed E-state index contributed by atoms with van der Waals surface area (Å²) in [7, 11) is 0. The Balaban J connectivity index is 1.16. The van der Waals surface area contributed by atoms with Crippen molar-refractivity contribution in [3.63, 3.8) is 0 Å². The van der Waals surface area contributed by atoms with Gasteiger partial charge in [0.1, 0.15) is 16.7 Å². The zero-order valence-electron chi connectivity index (χ0n) is 29.3. The molecule has 0 atom stereocenters. The molecule has 12 aromatic rings. The molecule has 12 rings (SSSR count). The summed E-state index contributed by atoms with van der Waals surface area (Å²) < 4.78 is 17.8. The summed E-state index contributed by atoms with van der Waals surface area (Å²) in [6, 6.07) is 62.1. The van der Waals surface area contributed by atoms with Gasteiger partial charge in [0.15, 0.2) is 5.58 Å². The Hall–Kier alpha value is -7.15. The van der Waals surface area contributed by atoms with E-state index in [0.717, 1.165) is 72.4 Å². The summed E-state index contributed by atoms with van der Waals surface area (Å²) in [6.45, 7) is 0. The van der Waals surface area contributed by atoms with Crippen molar-refractivity contribution in [1.29, 1.82) is 0 Å². The summed E-state index contributed by atoms with van der Waals surface area (Å²) in [5, 5.41) is 6.87. The summed E-state index contributed by atoms with van der Waals surface area (Å²) in [6.07, 6.45) is 0. The molecule has 0 amide bonds. The number of hydrogen-bond acceptors (Lipinski definition) is 5. The van der Waals surface area contributed by atoms with Gasteiger partial charge < -0.3 is 18.3 Å². The van der Waals surface area contributed by atoms with Crippen LogP contribution in [-0.2, 0) is 0 Å². The molecule has 0 unspecified atom stereocenters. The molecule has 0 saturated heterocycles. The second-order valence-electron chi connectivity index (χ2n) is 13.9. The number of fused-ring (bicyclic) bond motifs is 11. The van der Waals surface area contributed by atoms with Gasteiger partial charge in [-0.2, -0.15) is 0 Å². The minimum absolute atomic E-state index is 0.590. The standard InChI is InChI=1S/C49H29N3O2S/c1-3-12-30(13-4-1)49-50-47-43(54-49)27-26-42-46(47)38-28-32(23-25-41(38)53-42)51(33-22-24-36-35-17-8-10-21-44(35)55-45(36)29-33)40-20-11-18-37-34-16-7-9-19-39(34)52(48(37)40)31-14-5-2-6-15-31/h1-29H. The van der Waals surface area contributed by atoms with Gasteiger partial charge in [-0.3, -0.25) is 0 Å². The monoisotopic (exact) mass is 723 g/mol. The molecule has 8 aromatic carbocycles. The number of thiophene rings is 1. The Morgan fingerprint density at radius 3 is 2.07 bits per heavy atom. The number of anilines is 3. The van der Waals surface area contributed by atoms with Crippen LogP contribution in [0.2, 0.25) is 0 Å². The molecule has 0 aliphatic carbocycles. The van der Waals surface area contributed by atoms with Gasteiger partial charge in [0.05, 0.1) is 22.1 Å². The van der Waals surface area contributed by atoms with Crippen LogP contribution < -0.4 is 4.90 Å². The lowest BCUT2D eigenvalue weighted by atomic mass is 10.1. The topological polar surface area (TPSA) is 47.3 Å². The molecular weight excluding hydrogens is 695 g/mol. The van der Waals surface area contributed by atoms with Gasteiger partial charge in [-0.15, -0.1) is 11.3 Å². The minimum Gasteiger partial charge on any atom is -0.456 e. The maximum absolute atomic E-state index is 6.50. The van der Waals surface area contributed by atoms with E-state index in [0.29, 0.717) is 5.89 Å². The first-order chi connectivity index (χ1) is 27.3. The van der Waals surface area contributed by atoms with Crippen LogP contribution in [0.5, 0.6) is 0 Å². The number of oxazole rings is 1. The van der Waals surface area contributed by atoms with Crippen molar-refractivity contribution in [2.45, 2.75) is 0 Å². The van der Waals surface area contributed by atoms with Crippen molar-refractivity contribution in [2.75, 3.05) is 4.90 Å². The van der Waals surface area contributed by atoms with Gasteiger partial charge in [-0.05, 0) is 84.9 Å². The van der Waals surface area contributed by atoms with Crippen LogP contribution in [0.15, 0.2) is 185 Å². The van der Waals surface area contributed by atoms with Crippen molar-refractivity contribution >= 4 is 103 Å². The third kappa shape index (κ3) is 4.55. The number of nitrogens with zero attached hydrogens (tertiary/aromatic N) is 3. The van der Waals surface area contributed by atoms with E-state index < -0.39 is 0 Å². The highest BCUT2D eigenvalue weighted by molar-refractivity contribution is 7.25. The fourth-order valence-corrected chi connectivity index (χ4v) is 9.53. The van der Waals surface area contributed by atoms with Gasteiger partial charge in [-0.25, -0.2) is 4.98 Å². The zero-order valence-corrected chi connectivity index (χ0v) is 30.1. The molecule has 6 heteroatoms. The fraction of sp³-hybridized carbons (Fsp3) is 0. The van der Waals surface area contributed by atoms with Gasteiger partial charge in [0.2, 0.25) is 5.89 Å². The Morgan fingerprint density at radius 2 is 1.18 bits per heavy atom. The van der Waals surface area contributed by atoms with E-state index in [4.69, 9.17) is 13.8 Å². The first-order valence-electron chi connectivity index (χ1n) is 18.4. The van der Waals surface area contributed by atoms with E-state index >= 15 is 0 Å². The Labute approximate surface area is 318 Å². The highest BCUT2D eigenvalue weighted by atomic mass is 32.1. The van der Waals surface area contributed by atoms with Gasteiger partial charge in [0.25, 0.3) is 0 Å². The molecule has 0 bridgehead atoms. The van der Waals surface area contributed by atoms with Crippen molar-refractivity contribution in [2.24, 2.45) is 0 Å². The lowest BCUT2D eigenvalue weighted by Crippen LogP contribution is -2.11. The van der Waals surface area contributed by atoms with E-state index in [1.54, 1.807) is 0 Å². The third-order valence-electron chi connectivity index (χ3n) is 10.8. The number of hydrogen-bond donors (Lipinski definition) is 0. The van der Waals surface area contributed by atoms with Crippen LogP contribution in [0.3, 0.4) is 0 Å². The molecular formula is C49H29N3O2S. The Morgan fingerprint density at radius 1 is 0.491 bits per heavy atom. The quantitative estimate of drug-likeness (QED) is 0.177. The number of rotatable bonds is 5. The van der Waals surface area contributed by atoms with Crippen LogP contribution in [-0.4, -0.2) is 9.55 Å². The van der Waals surface area contributed by atoms with Crippen LogP contribution in [0, 0.1) is 0 Å². The highest BCUT2D eigenvalue weighted by Crippen LogP contribution is 2.47. The average molecular weight is 724 g/mol. The van der Waals surface area contributed by atoms with Gasteiger partial charge in [-0.1, -0.05) is 91.0 Å². The van der Waals surface area contributed by atoms with E-state index in [-0.39, 0.29) is 0 Å². The van der Waals surface area contributed by atoms with Gasteiger partial charge >= 0.3 is 0 Å². The second-order valence-corrected chi connectivity index (χ2v) is 15.0. The maximum Gasteiger partial charge on any atom is 0.227 e. The van der Waals surface area contributed by atoms with Crippen LogP contribution >= 0.6 is 11.3 Å². The smallest absolute Gasteiger partial charge is 0.227 e. The zero-order chi connectivity index (χ0) is 36.0. The summed E-state index contributed by atoms with van der Waals surface area (Å²) in [5.74, 6) is 0.590. The number of para-hydroxylation sites is 3. The van der Waals surface area contributed by atoms with Gasteiger partial charge in [0, 0.05) is 59.0 Å². The molecule has 0 saturated carbocycles. The number of benzene rings is 8. The molecule has 0 spiro atoms. The average Bonchev–Trinajstić information content (AvgIpc) is 4.02. The molecule has 0 N–H and O–H groups in total. The molecule has 4 heterocycles. The first-order valence-corrected chi connectivity index (χ1v) is 19.2. The van der Waals surface area contributed by atoms with Crippen molar-refractivity contribution in [3.05, 3.63) is 176 Å². The summed E-state index contributed by atoms with van der Waals surface area (Å²) >= 11 is 1.83. The SMILES string of the molecule is c1ccc(-c2nc3c(ccc4oc5ccc(N(c6ccc7c(c6)sc6ccccc67)c6cccc7c8ccccc8n(-c8ccccc8)c67)cc5c43)o2)cc1. The van der Waals surface area contributed by atoms with E-state index in [1.807, 2.05) is 53.8 Å². The van der Waals surface area contributed by atoms with Crippen molar-refractivity contribution in [3.8, 4) is 17.1 Å². The second kappa shape index (κ2) is 11.7. The molecule has 0 aliphatic rings. The summed E-state index contributed by atoms with van der Waals surface area (Å²) in [5.41, 5.74) is 10.6. The third-order valence-corrected chi connectivity index (χ3v) is 11.9. The van der Waals surface area contributed by atoms with Crippen LogP contribution in [0.1, 0.15) is 0 Å². The predicted octanol–water partition coefficient (Wildman–Crippen LogP) is 14.3. The predicted molar refractivity (Wildman–Crippen MR) is 229 cm³/mol. The first kappa shape index (κ1) is 30.3. The molecule has 0 fully saturated rings. The van der Waals surface area contributed by atoms with Crippen molar-refractivity contribution in [1.82, 2.24) is 9.55 Å². The van der Waals surface area contributed by atoms with Crippen LogP contribution in [0.4, 0.5) is 17.1 Å². The molecule has 258 valence electrons. The highest BCUT2D eigenvalue weighted by Gasteiger charge is 2.24. The van der Waals surface area contributed by atoms with E-state index in [9.17, 15) is 0 Å². The summed E-state index contributed by atoms with van der Waals surface area (Å²) in [4.78, 5) is 7.45. The molecule has 4 aromatic heterocycles. The molecule has 55 heavy (non-hydrogen) atoms. The van der Waals surface area contributed by atoms with Crippen molar-refractivity contribution < 1.29 is 8.83 Å². The lowest BCUT2D eigenvalue weighted by Gasteiger charge is -2.27. The Bertz CT molecular complexity index is 3450. The molecule has 0 radical (unpaired) electrons. The molecule has 5 nitrogen and oxygen atoms in total. The minimum atomic E-state index is 0.590. The largest absolute Gasteiger partial charge is 0.456 e. The fourth-order valence-electron chi connectivity index (χ4n) is 8.39.